The van der Waals surface area contributed by atoms with Gasteiger partial charge in [0.2, 0.25) is 15.9 Å². The van der Waals surface area contributed by atoms with Crippen molar-refractivity contribution in [3.8, 4) is 5.75 Å². The lowest BCUT2D eigenvalue weighted by Crippen LogP contribution is -2.37. The van der Waals surface area contributed by atoms with Crippen molar-refractivity contribution in [2.75, 3.05) is 19.6 Å². The average Bonchev–Trinajstić information content (AvgIpc) is 2.55. The van der Waals surface area contributed by atoms with Gasteiger partial charge in [0.15, 0.2) is 0 Å². The molecule has 6 nitrogen and oxygen atoms in total. The number of sulfonamides is 1. The van der Waals surface area contributed by atoms with Gasteiger partial charge >= 0.3 is 0 Å². The first-order valence-electron chi connectivity index (χ1n) is 5.56. The second-order valence-electron chi connectivity index (χ2n) is 4.04. The standard InChI is InChI=1S/C11H14N2O4S/c14-9-2-4-10(5-3-9)18(16,17)13-7-1-6-12-11(15)8-13/h2-5,14H,1,6-8H2,(H,12,15). The van der Waals surface area contributed by atoms with Crippen molar-refractivity contribution in [2.45, 2.75) is 11.3 Å². The Bertz CT molecular complexity index is 539. The second-order valence-corrected chi connectivity index (χ2v) is 5.97. The fourth-order valence-electron chi connectivity index (χ4n) is 1.75. The van der Waals surface area contributed by atoms with Crippen LogP contribution < -0.4 is 5.32 Å². The number of nitrogens with zero attached hydrogens (tertiary/aromatic N) is 1. The number of benzene rings is 1. The molecule has 0 aromatic heterocycles. The number of hydrogen-bond donors (Lipinski definition) is 2. The molecule has 2 N–H and O–H groups in total. The van der Waals surface area contributed by atoms with Crippen molar-refractivity contribution in [1.82, 2.24) is 9.62 Å². The van der Waals surface area contributed by atoms with Gasteiger partial charge in [0.05, 0.1) is 11.4 Å². The molecule has 98 valence electrons. The Morgan fingerprint density at radius 2 is 1.89 bits per heavy atom. The van der Waals surface area contributed by atoms with Crippen LogP contribution in [0.1, 0.15) is 6.42 Å². The fraction of sp³-hybridized carbons (Fsp3) is 0.364. The van der Waals surface area contributed by atoms with E-state index in [1.54, 1.807) is 0 Å². The van der Waals surface area contributed by atoms with Crippen LogP contribution in [0.3, 0.4) is 0 Å². The number of carbonyl (C=O) groups is 1. The minimum Gasteiger partial charge on any atom is -0.508 e. The van der Waals surface area contributed by atoms with Crippen molar-refractivity contribution in [2.24, 2.45) is 0 Å². The molecular formula is C11H14N2O4S. The summed E-state index contributed by atoms with van der Waals surface area (Å²) in [6.07, 6.45) is 0.586. The summed E-state index contributed by atoms with van der Waals surface area (Å²) >= 11 is 0. The Morgan fingerprint density at radius 3 is 2.56 bits per heavy atom. The Morgan fingerprint density at radius 1 is 1.22 bits per heavy atom. The molecule has 1 fully saturated rings. The van der Waals surface area contributed by atoms with Gasteiger partial charge in [-0.1, -0.05) is 0 Å². The topological polar surface area (TPSA) is 86.7 Å². The first kappa shape index (κ1) is 12.8. The Kier molecular flexibility index (Phi) is 3.53. The predicted molar refractivity (Wildman–Crippen MR) is 64.5 cm³/mol. The van der Waals surface area contributed by atoms with Gasteiger partial charge in [-0.05, 0) is 30.7 Å². The largest absolute Gasteiger partial charge is 0.508 e. The summed E-state index contributed by atoms with van der Waals surface area (Å²) in [6.45, 7) is 0.631. The van der Waals surface area contributed by atoms with E-state index >= 15 is 0 Å². The minimum atomic E-state index is -3.67. The first-order chi connectivity index (χ1) is 8.50. The fourth-order valence-corrected chi connectivity index (χ4v) is 3.19. The number of hydrogen-bond acceptors (Lipinski definition) is 4. The number of rotatable bonds is 2. The van der Waals surface area contributed by atoms with Gasteiger partial charge < -0.3 is 10.4 Å². The lowest BCUT2D eigenvalue weighted by Gasteiger charge is -2.18. The van der Waals surface area contributed by atoms with E-state index in [1.165, 1.54) is 24.3 Å². The highest BCUT2D eigenvalue weighted by Crippen LogP contribution is 2.19. The SMILES string of the molecule is O=C1CN(S(=O)(=O)c2ccc(O)cc2)CCCN1. The number of aromatic hydroxyl groups is 1. The first-order valence-corrected chi connectivity index (χ1v) is 7.00. The van der Waals surface area contributed by atoms with E-state index in [2.05, 4.69) is 5.32 Å². The molecule has 1 amide bonds. The summed E-state index contributed by atoms with van der Waals surface area (Å²) in [4.78, 5) is 11.4. The third-order valence-electron chi connectivity index (χ3n) is 2.70. The molecule has 0 unspecified atom stereocenters. The van der Waals surface area contributed by atoms with Crippen molar-refractivity contribution >= 4 is 15.9 Å². The maximum Gasteiger partial charge on any atom is 0.243 e. The van der Waals surface area contributed by atoms with Crippen LogP contribution in [-0.2, 0) is 14.8 Å². The normalized spacial score (nSPS) is 18.1. The van der Waals surface area contributed by atoms with E-state index in [9.17, 15) is 13.2 Å². The molecule has 1 aromatic carbocycles. The molecule has 0 radical (unpaired) electrons. The van der Waals surface area contributed by atoms with E-state index in [4.69, 9.17) is 5.11 Å². The van der Waals surface area contributed by atoms with Crippen molar-refractivity contribution in [1.29, 1.82) is 0 Å². The summed E-state index contributed by atoms with van der Waals surface area (Å²) in [5.41, 5.74) is 0. The molecule has 1 heterocycles. The Balaban J connectivity index is 2.29. The van der Waals surface area contributed by atoms with Crippen LogP contribution in [0.4, 0.5) is 0 Å². The van der Waals surface area contributed by atoms with E-state index in [0.29, 0.717) is 19.5 Å². The molecule has 1 aromatic rings. The maximum absolute atomic E-state index is 12.3. The number of phenolic OH excluding ortho intramolecular Hbond substituents is 1. The third-order valence-corrected chi connectivity index (χ3v) is 4.56. The molecule has 0 saturated carbocycles. The molecule has 2 rings (SSSR count). The van der Waals surface area contributed by atoms with E-state index in [-0.39, 0.29) is 23.1 Å². The Labute approximate surface area is 105 Å². The maximum atomic E-state index is 12.3. The van der Waals surface area contributed by atoms with Crippen LogP contribution in [0, 0.1) is 0 Å². The van der Waals surface area contributed by atoms with E-state index in [1.807, 2.05) is 0 Å². The minimum absolute atomic E-state index is 0.00237. The molecule has 0 spiro atoms. The summed E-state index contributed by atoms with van der Waals surface area (Å²) in [5.74, 6) is -0.294. The summed E-state index contributed by atoms with van der Waals surface area (Å²) < 4.78 is 25.7. The van der Waals surface area contributed by atoms with Gasteiger partial charge in [-0.2, -0.15) is 4.31 Å². The highest BCUT2D eigenvalue weighted by Gasteiger charge is 2.27. The van der Waals surface area contributed by atoms with Crippen molar-refractivity contribution in [3.63, 3.8) is 0 Å². The smallest absolute Gasteiger partial charge is 0.243 e. The van der Waals surface area contributed by atoms with Gasteiger partial charge in [0, 0.05) is 13.1 Å². The number of nitrogens with one attached hydrogen (secondary N) is 1. The quantitative estimate of drug-likeness (QED) is 0.786. The highest BCUT2D eigenvalue weighted by molar-refractivity contribution is 7.89. The van der Waals surface area contributed by atoms with Gasteiger partial charge in [-0.3, -0.25) is 4.79 Å². The number of amides is 1. The molecular weight excluding hydrogens is 256 g/mol. The molecule has 1 saturated heterocycles. The van der Waals surface area contributed by atoms with Crippen LogP contribution in [0.25, 0.3) is 0 Å². The molecule has 7 heteroatoms. The second kappa shape index (κ2) is 4.95. The third kappa shape index (κ3) is 2.62. The highest BCUT2D eigenvalue weighted by atomic mass is 32.2. The molecule has 18 heavy (non-hydrogen) atoms. The molecule has 0 bridgehead atoms. The van der Waals surface area contributed by atoms with Crippen molar-refractivity contribution in [3.05, 3.63) is 24.3 Å². The van der Waals surface area contributed by atoms with Crippen LogP contribution >= 0.6 is 0 Å². The van der Waals surface area contributed by atoms with E-state index in [0.717, 1.165) is 4.31 Å². The molecule has 1 aliphatic rings. The van der Waals surface area contributed by atoms with Gasteiger partial charge in [0.25, 0.3) is 0 Å². The summed E-state index contributed by atoms with van der Waals surface area (Å²) in [7, 11) is -3.67. The van der Waals surface area contributed by atoms with Gasteiger partial charge in [-0.15, -0.1) is 0 Å². The zero-order valence-corrected chi connectivity index (χ0v) is 10.5. The monoisotopic (exact) mass is 270 g/mol. The van der Waals surface area contributed by atoms with Crippen molar-refractivity contribution < 1.29 is 18.3 Å². The molecule has 1 aliphatic heterocycles. The van der Waals surface area contributed by atoms with Crippen LogP contribution in [0.2, 0.25) is 0 Å². The van der Waals surface area contributed by atoms with Crippen LogP contribution in [-0.4, -0.2) is 43.4 Å². The van der Waals surface area contributed by atoms with Gasteiger partial charge in [0.1, 0.15) is 5.75 Å². The lowest BCUT2D eigenvalue weighted by atomic mass is 10.3. The Hall–Kier alpha value is -1.60. The van der Waals surface area contributed by atoms with Crippen LogP contribution in [0.5, 0.6) is 5.75 Å². The predicted octanol–water partition coefficient (Wildman–Crippen LogP) is -0.0972. The van der Waals surface area contributed by atoms with Crippen LogP contribution in [0.15, 0.2) is 29.2 Å². The summed E-state index contributed by atoms with van der Waals surface area (Å²) in [6, 6.07) is 5.27. The zero-order valence-electron chi connectivity index (χ0n) is 9.67. The van der Waals surface area contributed by atoms with Gasteiger partial charge in [-0.25, -0.2) is 8.42 Å². The number of phenols is 1. The lowest BCUT2D eigenvalue weighted by molar-refractivity contribution is -0.120. The summed E-state index contributed by atoms with van der Waals surface area (Å²) in [5, 5.41) is 11.8. The van der Waals surface area contributed by atoms with E-state index < -0.39 is 10.0 Å². The zero-order chi connectivity index (χ0) is 13.2. The number of carbonyl (C=O) groups excluding carboxylic acids is 1. The molecule has 0 aliphatic carbocycles. The average molecular weight is 270 g/mol. The molecule has 0 atom stereocenters.